The summed E-state index contributed by atoms with van der Waals surface area (Å²) in [6, 6.07) is 7.52. The minimum absolute atomic E-state index is 0.0671. The van der Waals surface area contributed by atoms with Crippen LogP contribution in [0.3, 0.4) is 0 Å². The largest absolute Gasteiger partial charge is 0.325 e. The average Bonchev–Trinajstić information content (AvgIpc) is 2.44. The zero-order valence-corrected chi connectivity index (χ0v) is 15.4. The number of aromatic nitrogens is 2. The lowest BCUT2D eigenvalue weighted by Crippen LogP contribution is -2.22. The molecule has 0 saturated carbocycles. The fourth-order valence-corrected chi connectivity index (χ4v) is 3.08. The Morgan fingerprint density at radius 3 is 2.45 bits per heavy atom. The molecular formula is C16H18BrN3OS. The van der Waals surface area contributed by atoms with E-state index in [1.165, 1.54) is 11.8 Å². The number of halogens is 1. The van der Waals surface area contributed by atoms with Gasteiger partial charge in [0.25, 0.3) is 0 Å². The predicted octanol–water partition coefficient (Wildman–Crippen LogP) is 4.28. The number of benzene rings is 1. The van der Waals surface area contributed by atoms with E-state index in [9.17, 15) is 4.79 Å². The third-order valence-corrected chi connectivity index (χ3v) is 4.81. The van der Waals surface area contributed by atoms with Crippen LogP contribution in [0.4, 0.5) is 5.69 Å². The molecule has 0 fully saturated rings. The molecule has 22 heavy (non-hydrogen) atoms. The Balaban J connectivity index is 2.05. The Morgan fingerprint density at radius 2 is 1.86 bits per heavy atom. The number of amides is 1. The number of hydrogen-bond donors (Lipinski definition) is 1. The fraction of sp³-hybridized carbons (Fsp3) is 0.312. The molecule has 1 aromatic heterocycles. The van der Waals surface area contributed by atoms with E-state index < -0.39 is 0 Å². The monoisotopic (exact) mass is 379 g/mol. The first kappa shape index (κ1) is 17.0. The summed E-state index contributed by atoms with van der Waals surface area (Å²) in [4.78, 5) is 21.1. The molecule has 0 spiro atoms. The maximum atomic E-state index is 12.3. The van der Waals surface area contributed by atoms with Gasteiger partial charge in [-0.1, -0.05) is 33.8 Å². The molecule has 116 valence electrons. The SMILES string of the molecule is Cc1nc(S[C@@H](C)C(=O)Nc2cccc(Br)c2)nc(C)c1C. The second kappa shape index (κ2) is 7.24. The lowest BCUT2D eigenvalue weighted by Gasteiger charge is -2.12. The molecule has 2 rings (SSSR count). The summed E-state index contributed by atoms with van der Waals surface area (Å²) in [5.74, 6) is -0.0671. The van der Waals surface area contributed by atoms with E-state index in [2.05, 4.69) is 31.2 Å². The number of hydrogen-bond acceptors (Lipinski definition) is 4. The van der Waals surface area contributed by atoms with Gasteiger partial charge in [0.15, 0.2) is 5.16 Å². The summed E-state index contributed by atoms with van der Waals surface area (Å²) in [6.07, 6.45) is 0. The number of rotatable bonds is 4. The molecule has 0 aliphatic carbocycles. The molecule has 2 aromatic rings. The van der Waals surface area contributed by atoms with Crippen molar-refractivity contribution in [2.45, 2.75) is 38.1 Å². The van der Waals surface area contributed by atoms with Crippen molar-refractivity contribution in [1.82, 2.24) is 9.97 Å². The Labute approximate surface area is 143 Å². The Morgan fingerprint density at radius 1 is 1.23 bits per heavy atom. The van der Waals surface area contributed by atoms with E-state index in [-0.39, 0.29) is 11.2 Å². The van der Waals surface area contributed by atoms with Crippen molar-refractivity contribution in [3.8, 4) is 0 Å². The second-order valence-corrected chi connectivity index (χ2v) is 7.29. The van der Waals surface area contributed by atoms with Gasteiger partial charge < -0.3 is 5.32 Å². The summed E-state index contributed by atoms with van der Waals surface area (Å²) in [6.45, 7) is 7.77. The minimum Gasteiger partial charge on any atom is -0.325 e. The zero-order chi connectivity index (χ0) is 16.3. The maximum absolute atomic E-state index is 12.3. The van der Waals surface area contributed by atoms with Crippen LogP contribution in [0.15, 0.2) is 33.9 Å². The highest BCUT2D eigenvalue weighted by atomic mass is 79.9. The number of thioether (sulfide) groups is 1. The van der Waals surface area contributed by atoms with Crippen molar-refractivity contribution < 1.29 is 4.79 Å². The first-order chi connectivity index (χ1) is 10.4. The van der Waals surface area contributed by atoms with Crippen LogP contribution in [0, 0.1) is 20.8 Å². The molecule has 4 nitrogen and oxygen atoms in total. The molecule has 1 atom stereocenters. The van der Waals surface area contributed by atoms with Crippen LogP contribution in [0.5, 0.6) is 0 Å². The third kappa shape index (κ3) is 4.30. The normalized spacial score (nSPS) is 12.0. The van der Waals surface area contributed by atoms with E-state index >= 15 is 0 Å². The van der Waals surface area contributed by atoms with Crippen LogP contribution in [-0.2, 0) is 4.79 Å². The molecule has 1 N–H and O–H groups in total. The van der Waals surface area contributed by atoms with Crippen LogP contribution in [0.1, 0.15) is 23.9 Å². The van der Waals surface area contributed by atoms with E-state index in [4.69, 9.17) is 0 Å². The first-order valence-electron chi connectivity index (χ1n) is 6.91. The van der Waals surface area contributed by atoms with Gasteiger partial charge in [0.05, 0.1) is 5.25 Å². The molecule has 1 amide bonds. The topological polar surface area (TPSA) is 54.9 Å². The summed E-state index contributed by atoms with van der Waals surface area (Å²) in [7, 11) is 0. The van der Waals surface area contributed by atoms with Gasteiger partial charge in [0.1, 0.15) is 0 Å². The lowest BCUT2D eigenvalue weighted by molar-refractivity contribution is -0.115. The number of carbonyl (C=O) groups excluding carboxylic acids is 1. The van der Waals surface area contributed by atoms with Gasteiger partial charge in [0.2, 0.25) is 5.91 Å². The second-order valence-electron chi connectivity index (χ2n) is 5.06. The summed E-state index contributed by atoms with van der Waals surface area (Å²) in [5, 5.41) is 3.26. The lowest BCUT2D eigenvalue weighted by atomic mass is 10.2. The molecule has 0 aliphatic heterocycles. The maximum Gasteiger partial charge on any atom is 0.237 e. The molecule has 1 heterocycles. The van der Waals surface area contributed by atoms with E-state index in [0.717, 1.165) is 27.1 Å². The third-order valence-electron chi connectivity index (χ3n) is 3.36. The molecule has 6 heteroatoms. The van der Waals surface area contributed by atoms with Gasteiger partial charge in [-0.2, -0.15) is 0 Å². The van der Waals surface area contributed by atoms with Crippen molar-refractivity contribution >= 4 is 39.3 Å². The Hall–Kier alpha value is -1.40. The minimum atomic E-state index is -0.277. The van der Waals surface area contributed by atoms with E-state index in [1.807, 2.05) is 52.0 Å². The quantitative estimate of drug-likeness (QED) is 0.635. The number of anilines is 1. The molecule has 0 unspecified atom stereocenters. The van der Waals surface area contributed by atoms with Crippen LogP contribution in [0.2, 0.25) is 0 Å². The van der Waals surface area contributed by atoms with Crippen molar-refractivity contribution in [2.24, 2.45) is 0 Å². The molecular weight excluding hydrogens is 362 g/mol. The van der Waals surface area contributed by atoms with Crippen molar-refractivity contribution in [2.75, 3.05) is 5.32 Å². The smallest absolute Gasteiger partial charge is 0.237 e. The van der Waals surface area contributed by atoms with Gasteiger partial charge in [-0.3, -0.25) is 4.79 Å². The standard InChI is InChI=1S/C16H18BrN3OS/c1-9-10(2)18-16(19-11(9)3)22-12(4)15(21)20-14-7-5-6-13(17)8-14/h5-8,12H,1-4H3,(H,20,21)/t12-/m0/s1. The first-order valence-corrected chi connectivity index (χ1v) is 8.59. The molecule has 0 bridgehead atoms. The van der Waals surface area contributed by atoms with Crippen LogP contribution in [-0.4, -0.2) is 21.1 Å². The van der Waals surface area contributed by atoms with Crippen LogP contribution in [0.25, 0.3) is 0 Å². The highest BCUT2D eigenvalue weighted by Crippen LogP contribution is 2.23. The van der Waals surface area contributed by atoms with Gasteiger partial charge >= 0.3 is 0 Å². The predicted molar refractivity (Wildman–Crippen MR) is 94.3 cm³/mol. The van der Waals surface area contributed by atoms with Crippen molar-refractivity contribution in [3.63, 3.8) is 0 Å². The highest BCUT2D eigenvalue weighted by Gasteiger charge is 2.17. The van der Waals surface area contributed by atoms with Crippen molar-refractivity contribution in [3.05, 3.63) is 45.7 Å². The Kier molecular flexibility index (Phi) is 5.58. The van der Waals surface area contributed by atoms with Gasteiger partial charge in [-0.25, -0.2) is 9.97 Å². The summed E-state index contributed by atoms with van der Waals surface area (Å²) in [5.41, 5.74) is 3.77. The number of aryl methyl sites for hydroxylation is 2. The zero-order valence-electron chi connectivity index (χ0n) is 13.0. The number of nitrogens with zero attached hydrogens (tertiary/aromatic N) is 2. The highest BCUT2D eigenvalue weighted by molar-refractivity contribution is 9.10. The van der Waals surface area contributed by atoms with Crippen LogP contribution >= 0.6 is 27.7 Å². The van der Waals surface area contributed by atoms with Crippen LogP contribution < -0.4 is 5.32 Å². The molecule has 0 radical (unpaired) electrons. The molecule has 0 saturated heterocycles. The molecule has 1 aromatic carbocycles. The van der Waals surface area contributed by atoms with E-state index in [0.29, 0.717) is 5.16 Å². The van der Waals surface area contributed by atoms with Gasteiger partial charge in [-0.05, 0) is 51.5 Å². The van der Waals surface area contributed by atoms with Crippen molar-refractivity contribution in [1.29, 1.82) is 0 Å². The van der Waals surface area contributed by atoms with Gasteiger partial charge in [0, 0.05) is 21.5 Å². The molecule has 0 aliphatic rings. The number of nitrogens with one attached hydrogen (secondary N) is 1. The fourth-order valence-electron chi connectivity index (χ4n) is 1.82. The Bertz CT molecular complexity index is 683. The summed E-state index contributed by atoms with van der Waals surface area (Å²) < 4.78 is 0.929. The average molecular weight is 380 g/mol. The number of carbonyl (C=O) groups is 1. The summed E-state index contributed by atoms with van der Waals surface area (Å²) >= 11 is 4.76. The van der Waals surface area contributed by atoms with E-state index in [1.54, 1.807) is 0 Å². The van der Waals surface area contributed by atoms with Gasteiger partial charge in [-0.15, -0.1) is 0 Å².